The normalized spacial score (nSPS) is 9.25. The van der Waals surface area contributed by atoms with Crippen molar-refractivity contribution in [2.24, 2.45) is 0 Å². The van der Waals surface area contributed by atoms with Crippen molar-refractivity contribution in [1.82, 2.24) is 0 Å². The van der Waals surface area contributed by atoms with Crippen molar-refractivity contribution in [1.29, 1.82) is 0 Å². The molecule has 12 heavy (non-hydrogen) atoms. The second-order valence-corrected chi connectivity index (χ2v) is 2.72. The van der Waals surface area contributed by atoms with Gasteiger partial charge in [0.1, 0.15) is 0 Å². The topological polar surface area (TPSA) is 0 Å². The molecule has 0 N–H and O–H groups in total. The summed E-state index contributed by atoms with van der Waals surface area (Å²) in [5, 5.41) is 0. The van der Waals surface area contributed by atoms with Crippen LogP contribution in [0.4, 0.5) is 0 Å². The van der Waals surface area contributed by atoms with E-state index in [0.717, 1.165) is 0 Å². The molecule has 0 saturated heterocycles. The van der Waals surface area contributed by atoms with Crippen molar-refractivity contribution in [2.75, 3.05) is 0 Å². The van der Waals surface area contributed by atoms with Gasteiger partial charge in [0.2, 0.25) is 0 Å². The van der Waals surface area contributed by atoms with Gasteiger partial charge < -0.3 is 0 Å². The van der Waals surface area contributed by atoms with E-state index in [1.165, 1.54) is 32.1 Å². The second-order valence-electron chi connectivity index (χ2n) is 2.72. The summed E-state index contributed by atoms with van der Waals surface area (Å²) in [7, 11) is 0. The molecule has 0 saturated carbocycles. The maximum atomic E-state index is 3.60. The molecule has 0 aromatic rings. The summed E-state index contributed by atoms with van der Waals surface area (Å²) < 4.78 is 0. The SMILES string of the molecule is C=CCCCC.CC/C=C/CC. The first-order valence-corrected chi connectivity index (χ1v) is 5.09. The highest BCUT2D eigenvalue weighted by Gasteiger charge is 1.71. The average Bonchev–Trinajstić information content (AvgIpc) is 2.12. The fourth-order valence-corrected chi connectivity index (χ4v) is 0.682. The average molecular weight is 168 g/mol. The molecule has 0 aliphatic rings. The molecular formula is C12H24. The molecule has 0 aromatic carbocycles. The Morgan fingerprint density at radius 1 is 1.00 bits per heavy atom. The van der Waals surface area contributed by atoms with Gasteiger partial charge in [-0.1, -0.05) is 51.8 Å². The molecule has 0 rings (SSSR count). The van der Waals surface area contributed by atoms with Crippen molar-refractivity contribution < 1.29 is 0 Å². The minimum absolute atomic E-state index is 1.17. The Morgan fingerprint density at radius 2 is 1.50 bits per heavy atom. The Balaban J connectivity index is 0. The van der Waals surface area contributed by atoms with E-state index in [9.17, 15) is 0 Å². The highest BCUT2D eigenvalue weighted by molar-refractivity contribution is 4.77. The third-order valence-corrected chi connectivity index (χ3v) is 1.40. The first-order chi connectivity index (χ1) is 5.83. The molecular weight excluding hydrogens is 144 g/mol. The zero-order valence-electron chi connectivity index (χ0n) is 8.97. The van der Waals surface area contributed by atoms with E-state index in [2.05, 4.69) is 39.5 Å². The van der Waals surface area contributed by atoms with Gasteiger partial charge in [-0.25, -0.2) is 0 Å². The van der Waals surface area contributed by atoms with Crippen LogP contribution in [0, 0.1) is 0 Å². The Hall–Kier alpha value is -0.520. The van der Waals surface area contributed by atoms with E-state index in [1.807, 2.05) is 6.08 Å². The minimum Gasteiger partial charge on any atom is -0.103 e. The summed E-state index contributed by atoms with van der Waals surface area (Å²) in [5.74, 6) is 0. The van der Waals surface area contributed by atoms with Gasteiger partial charge in [-0.15, -0.1) is 6.58 Å². The van der Waals surface area contributed by atoms with E-state index < -0.39 is 0 Å². The maximum absolute atomic E-state index is 3.60. The minimum atomic E-state index is 1.17. The highest BCUT2D eigenvalue weighted by atomic mass is 13.8. The van der Waals surface area contributed by atoms with Crippen LogP contribution in [0.25, 0.3) is 0 Å². The lowest BCUT2D eigenvalue weighted by molar-refractivity contribution is 0.816. The van der Waals surface area contributed by atoms with Gasteiger partial charge in [0.25, 0.3) is 0 Å². The fourth-order valence-electron chi connectivity index (χ4n) is 0.682. The van der Waals surface area contributed by atoms with Crippen LogP contribution in [-0.4, -0.2) is 0 Å². The quantitative estimate of drug-likeness (QED) is 0.411. The lowest BCUT2D eigenvalue weighted by Crippen LogP contribution is -1.61. The van der Waals surface area contributed by atoms with Gasteiger partial charge in [-0.05, 0) is 19.3 Å². The predicted octanol–water partition coefficient (Wildman–Crippen LogP) is 4.73. The summed E-state index contributed by atoms with van der Waals surface area (Å²) >= 11 is 0. The number of hydrogen-bond acceptors (Lipinski definition) is 0. The van der Waals surface area contributed by atoms with Crippen LogP contribution >= 0.6 is 0 Å². The number of hydrogen-bond donors (Lipinski definition) is 0. The van der Waals surface area contributed by atoms with Crippen molar-refractivity contribution in [2.45, 2.75) is 52.9 Å². The number of unbranched alkanes of at least 4 members (excludes halogenated alkanes) is 2. The van der Waals surface area contributed by atoms with Crippen LogP contribution in [0.3, 0.4) is 0 Å². The van der Waals surface area contributed by atoms with Crippen LogP contribution in [0.5, 0.6) is 0 Å². The standard InChI is InChI=1S/2C6H12/c2*1-3-5-6-4-2/h5-6H,3-4H2,1-2H3;3H,1,4-6H2,2H3/b6-5+;. The second kappa shape index (κ2) is 16.8. The lowest BCUT2D eigenvalue weighted by Gasteiger charge is -1.81. The third kappa shape index (κ3) is 22.7. The Labute approximate surface area is 78.4 Å². The molecule has 0 atom stereocenters. The van der Waals surface area contributed by atoms with Crippen LogP contribution in [0.15, 0.2) is 24.8 Å². The monoisotopic (exact) mass is 168 g/mol. The number of rotatable bonds is 5. The molecule has 0 spiro atoms. The molecule has 0 radical (unpaired) electrons. The zero-order valence-corrected chi connectivity index (χ0v) is 8.97. The van der Waals surface area contributed by atoms with Crippen molar-refractivity contribution in [3.63, 3.8) is 0 Å². The smallest absolute Gasteiger partial charge is 0.0354 e. The predicted molar refractivity (Wildman–Crippen MR) is 59.4 cm³/mol. The van der Waals surface area contributed by atoms with Crippen LogP contribution in [0.2, 0.25) is 0 Å². The third-order valence-electron chi connectivity index (χ3n) is 1.40. The van der Waals surface area contributed by atoms with E-state index in [0.29, 0.717) is 0 Å². The molecule has 0 aliphatic heterocycles. The lowest BCUT2D eigenvalue weighted by atomic mass is 10.3. The van der Waals surface area contributed by atoms with E-state index >= 15 is 0 Å². The molecule has 0 unspecified atom stereocenters. The Morgan fingerprint density at radius 3 is 1.67 bits per heavy atom. The van der Waals surface area contributed by atoms with Gasteiger partial charge in [-0.2, -0.15) is 0 Å². The van der Waals surface area contributed by atoms with Gasteiger partial charge in [0.05, 0.1) is 0 Å². The first kappa shape index (κ1) is 14.0. The van der Waals surface area contributed by atoms with Crippen molar-refractivity contribution in [3.8, 4) is 0 Å². The van der Waals surface area contributed by atoms with Gasteiger partial charge in [0.15, 0.2) is 0 Å². The molecule has 0 heteroatoms. The molecule has 72 valence electrons. The van der Waals surface area contributed by atoms with E-state index in [4.69, 9.17) is 0 Å². The maximum Gasteiger partial charge on any atom is -0.0354 e. The van der Waals surface area contributed by atoms with Gasteiger partial charge in [-0.3, -0.25) is 0 Å². The van der Waals surface area contributed by atoms with Crippen LogP contribution < -0.4 is 0 Å². The van der Waals surface area contributed by atoms with Gasteiger partial charge >= 0.3 is 0 Å². The molecule has 0 heterocycles. The van der Waals surface area contributed by atoms with Gasteiger partial charge in [0, 0.05) is 0 Å². The Bertz CT molecular complexity index is 84.2. The molecule has 0 aromatic heterocycles. The first-order valence-electron chi connectivity index (χ1n) is 5.09. The largest absolute Gasteiger partial charge is 0.103 e. The summed E-state index contributed by atoms with van der Waals surface area (Å²) in [4.78, 5) is 0. The summed E-state index contributed by atoms with van der Waals surface area (Å²) in [6, 6.07) is 0. The summed E-state index contributed by atoms with van der Waals surface area (Å²) in [5.41, 5.74) is 0. The molecule has 0 nitrogen and oxygen atoms in total. The molecule has 0 amide bonds. The summed E-state index contributed by atoms with van der Waals surface area (Å²) in [6.45, 7) is 10.1. The molecule has 0 fully saturated rings. The van der Waals surface area contributed by atoms with Crippen molar-refractivity contribution >= 4 is 0 Å². The van der Waals surface area contributed by atoms with Crippen molar-refractivity contribution in [3.05, 3.63) is 24.8 Å². The fraction of sp³-hybridized carbons (Fsp3) is 0.667. The van der Waals surface area contributed by atoms with E-state index in [-0.39, 0.29) is 0 Å². The summed E-state index contributed by atoms with van der Waals surface area (Å²) in [6.07, 6.45) is 12.4. The molecule has 0 aliphatic carbocycles. The molecule has 0 bridgehead atoms. The van der Waals surface area contributed by atoms with Crippen LogP contribution in [-0.2, 0) is 0 Å². The Kier molecular flexibility index (Phi) is 19.7. The van der Waals surface area contributed by atoms with E-state index in [1.54, 1.807) is 0 Å². The highest BCUT2D eigenvalue weighted by Crippen LogP contribution is 1.91. The zero-order chi connectivity index (χ0) is 9.66. The number of allylic oxidation sites excluding steroid dienone is 3. The van der Waals surface area contributed by atoms with Crippen LogP contribution in [0.1, 0.15) is 52.9 Å².